The highest BCUT2D eigenvalue weighted by Gasteiger charge is 2.78. The van der Waals surface area contributed by atoms with Gasteiger partial charge in [0.1, 0.15) is 35.6 Å². The molecule has 0 unspecified atom stereocenters. The summed E-state index contributed by atoms with van der Waals surface area (Å²) in [6, 6.07) is 12.1. The number of nitrogens with one attached hydrogen (secondary N) is 1. The molecule has 1 amide bonds. The number of carbonyl (C=O) groups excluding carboxylic acids is 6. The first-order valence-electron chi connectivity index (χ1n) is 20.2. The molecule has 3 aliphatic carbocycles. The van der Waals surface area contributed by atoms with Crippen LogP contribution in [0.2, 0.25) is 0 Å². The van der Waals surface area contributed by atoms with Crippen molar-refractivity contribution in [2.24, 2.45) is 16.7 Å². The molecule has 6 rings (SSSR count). The van der Waals surface area contributed by atoms with Crippen molar-refractivity contribution in [3.63, 3.8) is 0 Å². The third-order valence-corrected chi connectivity index (χ3v) is 13.1. The van der Waals surface area contributed by atoms with Gasteiger partial charge in [0.05, 0.1) is 35.6 Å². The number of Topliss-reactive ketones (excluding diaryl/α,β-unsaturated/α-hetero) is 2. The fourth-order valence-corrected chi connectivity index (χ4v) is 9.82. The first-order chi connectivity index (χ1) is 28.3. The number of fused-ring (bicyclic) bond motifs is 5. The van der Waals surface area contributed by atoms with E-state index in [4.69, 9.17) is 23.7 Å². The quantitative estimate of drug-likeness (QED) is 0.105. The van der Waals surface area contributed by atoms with Crippen molar-refractivity contribution < 1.29 is 72.9 Å². The highest BCUT2D eigenvalue weighted by Crippen LogP contribution is 2.64. The number of ketones is 2. The van der Waals surface area contributed by atoms with Crippen molar-refractivity contribution in [2.45, 2.75) is 135 Å². The standard InChI is InChI=1S/C45H55NO15/c1-22-28(58-39(54)34(51)32(46-40(55)61-41(4,5)6)26-17-15-25(16-18-26)23(2)47)20-45(56)37(59-38(53)27-13-11-10-12-14-27)35-43(9,36(52)33(50)31(22)42(45,7)8)29(49)19-30-44(35,21-57-30)60-24(3)48/h10-18,28-30,32-35,37,49-51,56H,19-21H2,1-9H3,(H,46,55)/t28-,29-,30+,32-,33+,34+,35-,37-,43+,44-,45+/m0/s1. The number of amides is 1. The molecule has 330 valence electrons. The molecule has 2 bridgehead atoms. The molecule has 2 saturated carbocycles. The van der Waals surface area contributed by atoms with Gasteiger partial charge in [0.2, 0.25) is 0 Å². The second-order valence-electron chi connectivity index (χ2n) is 18.3. The van der Waals surface area contributed by atoms with Crippen LogP contribution in [0.15, 0.2) is 65.7 Å². The molecular weight excluding hydrogens is 794 g/mol. The molecule has 61 heavy (non-hydrogen) atoms. The number of aliphatic hydroxyl groups is 4. The first-order valence-corrected chi connectivity index (χ1v) is 20.2. The highest BCUT2D eigenvalue weighted by atomic mass is 16.6. The average Bonchev–Trinajstić information content (AvgIpc) is 3.17. The van der Waals surface area contributed by atoms with Crippen molar-refractivity contribution in [3.05, 3.63) is 82.4 Å². The van der Waals surface area contributed by atoms with Gasteiger partial charge in [-0.15, -0.1) is 0 Å². The van der Waals surface area contributed by atoms with Gasteiger partial charge in [-0.05, 0) is 70.4 Å². The van der Waals surface area contributed by atoms with Crippen molar-refractivity contribution in [3.8, 4) is 0 Å². The summed E-state index contributed by atoms with van der Waals surface area (Å²) in [7, 11) is 0. The summed E-state index contributed by atoms with van der Waals surface area (Å²) in [6.45, 7) is 13.0. The van der Waals surface area contributed by atoms with Crippen LogP contribution in [0.25, 0.3) is 0 Å². The van der Waals surface area contributed by atoms with Gasteiger partial charge in [-0.2, -0.15) is 0 Å². The van der Waals surface area contributed by atoms with E-state index >= 15 is 0 Å². The molecule has 2 aromatic rings. The third-order valence-electron chi connectivity index (χ3n) is 13.1. The van der Waals surface area contributed by atoms with Crippen molar-refractivity contribution in [2.75, 3.05) is 6.61 Å². The Morgan fingerprint density at radius 2 is 1.54 bits per heavy atom. The van der Waals surface area contributed by atoms with E-state index in [0.717, 1.165) is 6.92 Å². The van der Waals surface area contributed by atoms with Gasteiger partial charge in [0.15, 0.2) is 23.3 Å². The van der Waals surface area contributed by atoms with Gasteiger partial charge < -0.3 is 49.4 Å². The van der Waals surface area contributed by atoms with Gasteiger partial charge in [-0.1, -0.05) is 56.3 Å². The summed E-state index contributed by atoms with van der Waals surface area (Å²) in [5, 5.41) is 51.7. The maximum atomic E-state index is 15.0. The molecule has 0 spiro atoms. The number of benzene rings is 2. The van der Waals surface area contributed by atoms with Crippen LogP contribution in [0.5, 0.6) is 0 Å². The van der Waals surface area contributed by atoms with E-state index in [2.05, 4.69) is 5.32 Å². The Labute approximate surface area is 353 Å². The molecular formula is C45H55NO15. The second kappa shape index (κ2) is 16.0. The van der Waals surface area contributed by atoms with Gasteiger partial charge in [0, 0.05) is 30.7 Å². The van der Waals surface area contributed by atoms with Crippen molar-refractivity contribution in [1.29, 1.82) is 0 Å². The summed E-state index contributed by atoms with van der Waals surface area (Å²) < 4.78 is 29.5. The molecule has 1 aliphatic heterocycles. The molecule has 1 saturated heterocycles. The van der Waals surface area contributed by atoms with E-state index in [1.54, 1.807) is 39.0 Å². The van der Waals surface area contributed by atoms with E-state index in [1.807, 2.05) is 0 Å². The summed E-state index contributed by atoms with van der Waals surface area (Å²) in [5.41, 5.74) is -8.21. The number of alkyl carbamates (subject to hydrolysis) is 1. The van der Waals surface area contributed by atoms with Gasteiger partial charge >= 0.3 is 24.0 Å². The predicted molar refractivity (Wildman–Crippen MR) is 214 cm³/mol. The van der Waals surface area contributed by atoms with Crippen LogP contribution >= 0.6 is 0 Å². The Bertz CT molecular complexity index is 2130. The minimum Gasteiger partial charge on any atom is -0.456 e. The number of carbonyl (C=O) groups is 6. The lowest BCUT2D eigenvalue weighted by atomic mass is 9.44. The molecule has 16 heteroatoms. The zero-order chi connectivity index (χ0) is 45.2. The molecule has 16 nitrogen and oxygen atoms in total. The Morgan fingerprint density at radius 1 is 0.918 bits per heavy atom. The Balaban J connectivity index is 1.48. The van der Waals surface area contributed by atoms with E-state index in [9.17, 15) is 49.2 Å². The van der Waals surface area contributed by atoms with Crippen LogP contribution < -0.4 is 5.32 Å². The van der Waals surface area contributed by atoms with E-state index in [1.165, 1.54) is 71.0 Å². The van der Waals surface area contributed by atoms with Gasteiger partial charge in [0.25, 0.3) is 0 Å². The SMILES string of the molecule is CC(=O)O[C@@]12CO[C@@H]1C[C@H](O)[C@@]1(C)C(=O)[C@H](O)C3=C(C)[C@@H](OC(=O)[C@H](O)[C@@H](NC(=O)OC(C)(C)C)c4ccc(C(C)=O)cc4)C[C@@](O)([C@@H](OC(=O)c4ccccc4)[C@H]21)C3(C)C. The molecule has 4 aliphatic rings. The molecule has 3 fully saturated rings. The Kier molecular flexibility index (Phi) is 12.0. The lowest BCUT2D eigenvalue weighted by Gasteiger charge is -2.67. The summed E-state index contributed by atoms with van der Waals surface area (Å²) in [5.74, 6) is -5.77. The van der Waals surface area contributed by atoms with Gasteiger partial charge in [-0.3, -0.25) is 14.4 Å². The number of rotatable bonds is 9. The van der Waals surface area contributed by atoms with Crippen LogP contribution in [0, 0.1) is 16.7 Å². The molecule has 1 heterocycles. The summed E-state index contributed by atoms with van der Waals surface area (Å²) in [6.07, 6.45) is -11.9. The van der Waals surface area contributed by atoms with Gasteiger partial charge in [-0.25, -0.2) is 14.4 Å². The molecule has 5 N–H and O–H groups in total. The van der Waals surface area contributed by atoms with Crippen LogP contribution in [-0.4, -0.2) is 116 Å². The maximum absolute atomic E-state index is 15.0. The van der Waals surface area contributed by atoms with E-state index in [0.29, 0.717) is 5.56 Å². The van der Waals surface area contributed by atoms with Crippen LogP contribution in [0.1, 0.15) is 107 Å². The Morgan fingerprint density at radius 3 is 2.08 bits per heavy atom. The number of hydrogen-bond acceptors (Lipinski definition) is 15. The third kappa shape index (κ3) is 7.77. The zero-order valence-electron chi connectivity index (χ0n) is 35.7. The molecule has 2 aromatic carbocycles. The number of hydrogen-bond donors (Lipinski definition) is 5. The minimum absolute atomic E-state index is 0.0621. The van der Waals surface area contributed by atoms with Crippen LogP contribution in [-0.2, 0) is 38.1 Å². The number of esters is 3. The lowest BCUT2D eigenvalue weighted by molar-refractivity contribution is -0.346. The Hall–Kier alpha value is -5.00. The second-order valence-corrected chi connectivity index (χ2v) is 18.3. The summed E-state index contributed by atoms with van der Waals surface area (Å²) >= 11 is 0. The molecule has 0 radical (unpaired) electrons. The number of ether oxygens (including phenoxy) is 5. The fraction of sp³-hybridized carbons (Fsp3) is 0.556. The fourth-order valence-electron chi connectivity index (χ4n) is 9.82. The molecule has 0 aromatic heterocycles. The van der Waals surface area contributed by atoms with Crippen molar-refractivity contribution in [1.82, 2.24) is 5.32 Å². The summed E-state index contributed by atoms with van der Waals surface area (Å²) in [4.78, 5) is 81.3. The van der Waals surface area contributed by atoms with Crippen molar-refractivity contribution >= 4 is 35.6 Å². The highest BCUT2D eigenvalue weighted by molar-refractivity contribution is 5.95. The monoisotopic (exact) mass is 849 g/mol. The number of aliphatic hydroxyl groups excluding tert-OH is 3. The predicted octanol–water partition coefficient (Wildman–Crippen LogP) is 3.46. The first kappa shape index (κ1) is 45.5. The van der Waals surface area contributed by atoms with Crippen LogP contribution in [0.4, 0.5) is 4.79 Å². The average molecular weight is 850 g/mol. The van der Waals surface area contributed by atoms with E-state index in [-0.39, 0.29) is 41.1 Å². The zero-order valence-corrected chi connectivity index (χ0v) is 35.7. The maximum Gasteiger partial charge on any atom is 0.408 e. The minimum atomic E-state index is -2.39. The van der Waals surface area contributed by atoms with Crippen LogP contribution in [0.3, 0.4) is 0 Å². The smallest absolute Gasteiger partial charge is 0.408 e. The topological polar surface area (TPSA) is 242 Å². The largest absolute Gasteiger partial charge is 0.456 e. The van der Waals surface area contributed by atoms with E-state index < -0.39 is 112 Å². The molecule has 11 atom stereocenters. The normalized spacial score (nSPS) is 32.6. The lowest BCUT2D eigenvalue weighted by Crippen LogP contribution is -2.81.